The van der Waals surface area contributed by atoms with Crippen molar-refractivity contribution in [1.29, 1.82) is 0 Å². The molecule has 0 aliphatic heterocycles. The van der Waals surface area contributed by atoms with Crippen LogP contribution in [0, 0.1) is 6.92 Å². The highest BCUT2D eigenvalue weighted by Gasteiger charge is 2.16. The number of aryl methyl sites for hydroxylation is 1. The zero-order valence-corrected chi connectivity index (χ0v) is 13.0. The third-order valence-corrected chi connectivity index (χ3v) is 4.15. The number of aromatic amines is 1. The molecule has 0 amide bonds. The summed E-state index contributed by atoms with van der Waals surface area (Å²) in [4.78, 5) is 15.8. The quantitative estimate of drug-likeness (QED) is 0.640. The zero-order valence-electron chi connectivity index (χ0n) is 10.7. The highest BCUT2D eigenvalue weighted by Crippen LogP contribution is 2.27. The summed E-state index contributed by atoms with van der Waals surface area (Å²) in [6.45, 7) is 1.99. The molecule has 0 atom stereocenters. The van der Waals surface area contributed by atoms with Crippen molar-refractivity contribution in [2.24, 2.45) is 0 Å². The van der Waals surface area contributed by atoms with Crippen LogP contribution in [0.4, 0.5) is 0 Å². The van der Waals surface area contributed by atoms with Gasteiger partial charge in [-0.3, -0.25) is 4.79 Å². The van der Waals surface area contributed by atoms with Gasteiger partial charge in [0, 0.05) is 37.7 Å². The fourth-order valence-electron chi connectivity index (χ4n) is 2.23. The van der Waals surface area contributed by atoms with Crippen molar-refractivity contribution in [2.45, 2.75) is 6.92 Å². The second-order valence-electron chi connectivity index (χ2n) is 4.70. The summed E-state index contributed by atoms with van der Waals surface area (Å²) in [5.41, 5.74) is 3.29. The predicted octanol–water partition coefficient (Wildman–Crippen LogP) is 5.12. The first-order valence-corrected chi connectivity index (χ1v) is 7.31. The average Bonchev–Trinajstić information content (AvgIpc) is 2.81. The van der Waals surface area contributed by atoms with Gasteiger partial charge in [-0.1, -0.05) is 33.6 Å². The van der Waals surface area contributed by atoms with Gasteiger partial charge in [-0.2, -0.15) is 0 Å². The van der Waals surface area contributed by atoms with Crippen LogP contribution < -0.4 is 0 Å². The SMILES string of the molecule is Cc1ccc(C(=O)c2c[nH]c3ccc(Cl)cc23)c(Br)c1. The Kier molecular flexibility index (Phi) is 3.40. The van der Waals surface area contributed by atoms with Crippen molar-refractivity contribution < 1.29 is 4.79 Å². The molecule has 2 nitrogen and oxygen atoms in total. The number of carbonyl (C=O) groups is 1. The average molecular weight is 349 g/mol. The lowest BCUT2D eigenvalue weighted by molar-refractivity contribution is 0.103. The number of ketones is 1. The molecule has 0 spiro atoms. The molecule has 0 aliphatic carbocycles. The van der Waals surface area contributed by atoms with E-state index in [9.17, 15) is 4.79 Å². The first kappa shape index (κ1) is 13.4. The predicted molar refractivity (Wildman–Crippen MR) is 85.6 cm³/mol. The lowest BCUT2D eigenvalue weighted by Crippen LogP contribution is -2.01. The summed E-state index contributed by atoms with van der Waals surface area (Å²) in [6.07, 6.45) is 1.73. The molecule has 20 heavy (non-hydrogen) atoms. The summed E-state index contributed by atoms with van der Waals surface area (Å²) in [5, 5.41) is 1.46. The molecule has 0 fully saturated rings. The van der Waals surface area contributed by atoms with E-state index in [1.807, 2.05) is 37.3 Å². The van der Waals surface area contributed by atoms with E-state index in [4.69, 9.17) is 11.6 Å². The Morgan fingerprint density at radius 3 is 2.70 bits per heavy atom. The van der Waals surface area contributed by atoms with Crippen LogP contribution in [0.15, 0.2) is 47.1 Å². The number of H-pyrrole nitrogens is 1. The fourth-order valence-corrected chi connectivity index (χ4v) is 3.08. The van der Waals surface area contributed by atoms with E-state index in [0.717, 1.165) is 20.9 Å². The Labute approximate surface area is 129 Å². The molecule has 1 heterocycles. The molecule has 2 aromatic carbocycles. The molecule has 0 saturated heterocycles. The molecule has 100 valence electrons. The van der Waals surface area contributed by atoms with Gasteiger partial charge in [0.2, 0.25) is 0 Å². The fraction of sp³-hybridized carbons (Fsp3) is 0.0625. The van der Waals surface area contributed by atoms with Crippen molar-refractivity contribution in [3.05, 3.63) is 68.8 Å². The van der Waals surface area contributed by atoms with Crippen molar-refractivity contribution in [3.8, 4) is 0 Å². The van der Waals surface area contributed by atoms with E-state index in [-0.39, 0.29) is 5.78 Å². The highest BCUT2D eigenvalue weighted by molar-refractivity contribution is 9.10. The minimum atomic E-state index is -0.0228. The Morgan fingerprint density at radius 2 is 1.95 bits per heavy atom. The molecule has 1 N–H and O–H groups in total. The molecule has 0 bridgehead atoms. The van der Waals surface area contributed by atoms with Gasteiger partial charge >= 0.3 is 0 Å². The number of hydrogen-bond acceptors (Lipinski definition) is 1. The minimum absolute atomic E-state index is 0.0228. The van der Waals surface area contributed by atoms with Gasteiger partial charge < -0.3 is 4.98 Å². The van der Waals surface area contributed by atoms with E-state index in [1.165, 1.54) is 0 Å². The highest BCUT2D eigenvalue weighted by atomic mass is 79.9. The number of benzene rings is 2. The molecule has 3 aromatic rings. The number of aromatic nitrogens is 1. The number of nitrogens with one attached hydrogen (secondary N) is 1. The molecular formula is C16H11BrClNO. The number of hydrogen-bond donors (Lipinski definition) is 1. The Bertz CT molecular complexity index is 822. The second kappa shape index (κ2) is 5.08. The van der Waals surface area contributed by atoms with Crippen molar-refractivity contribution in [2.75, 3.05) is 0 Å². The standard InChI is InChI=1S/C16H11BrClNO/c1-9-2-4-11(14(17)6-9)16(20)13-8-19-15-5-3-10(18)7-12(13)15/h2-8,19H,1H3. The number of carbonyl (C=O) groups excluding carboxylic acids is 1. The molecule has 1 aromatic heterocycles. The van der Waals surface area contributed by atoms with E-state index in [0.29, 0.717) is 16.1 Å². The summed E-state index contributed by atoms with van der Waals surface area (Å²) >= 11 is 9.47. The second-order valence-corrected chi connectivity index (χ2v) is 6.00. The maximum absolute atomic E-state index is 12.7. The first-order chi connectivity index (χ1) is 9.56. The van der Waals surface area contributed by atoms with Gasteiger partial charge in [0.1, 0.15) is 0 Å². The van der Waals surface area contributed by atoms with E-state index in [2.05, 4.69) is 20.9 Å². The van der Waals surface area contributed by atoms with Crippen LogP contribution in [-0.2, 0) is 0 Å². The largest absolute Gasteiger partial charge is 0.360 e. The van der Waals surface area contributed by atoms with Crippen LogP contribution >= 0.6 is 27.5 Å². The van der Waals surface area contributed by atoms with Crippen LogP contribution in [0.3, 0.4) is 0 Å². The Balaban J connectivity index is 2.15. The third kappa shape index (κ3) is 2.28. The van der Waals surface area contributed by atoms with Crippen LogP contribution in [0.5, 0.6) is 0 Å². The summed E-state index contributed by atoms with van der Waals surface area (Å²) in [7, 11) is 0. The van der Waals surface area contributed by atoms with Gasteiger partial charge in [-0.15, -0.1) is 0 Å². The minimum Gasteiger partial charge on any atom is -0.360 e. The van der Waals surface area contributed by atoms with Crippen LogP contribution in [0.1, 0.15) is 21.5 Å². The lowest BCUT2D eigenvalue weighted by Gasteiger charge is -2.04. The first-order valence-electron chi connectivity index (χ1n) is 6.14. The van der Waals surface area contributed by atoms with Gasteiger partial charge in [0.15, 0.2) is 5.78 Å². The topological polar surface area (TPSA) is 32.9 Å². The summed E-state index contributed by atoms with van der Waals surface area (Å²) in [6, 6.07) is 11.2. The third-order valence-electron chi connectivity index (χ3n) is 3.26. The molecule has 0 aliphatic rings. The molecule has 0 unspecified atom stereocenters. The molecule has 3 rings (SSSR count). The van der Waals surface area contributed by atoms with E-state index >= 15 is 0 Å². The van der Waals surface area contributed by atoms with Crippen molar-refractivity contribution in [3.63, 3.8) is 0 Å². The van der Waals surface area contributed by atoms with E-state index < -0.39 is 0 Å². The normalized spacial score (nSPS) is 10.9. The van der Waals surface area contributed by atoms with Gasteiger partial charge in [0.05, 0.1) is 0 Å². The lowest BCUT2D eigenvalue weighted by atomic mass is 10.0. The van der Waals surface area contributed by atoms with Crippen LogP contribution in [0.2, 0.25) is 5.02 Å². The zero-order chi connectivity index (χ0) is 14.3. The smallest absolute Gasteiger partial charge is 0.196 e. The molecule has 4 heteroatoms. The Morgan fingerprint density at radius 1 is 1.15 bits per heavy atom. The maximum atomic E-state index is 12.7. The van der Waals surface area contributed by atoms with Gasteiger partial charge in [-0.25, -0.2) is 0 Å². The summed E-state index contributed by atoms with van der Waals surface area (Å²) < 4.78 is 0.805. The Hall–Kier alpha value is -1.58. The monoisotopic (exact) mass is 347 g/mol. The van der Waals surface area contributed by atoms with Gasteiger partial charge in [-0.05, 0) is 42.8 Å². The van der Waals surface area contributed by atoms with Crippen LogP contribution in [-0.4, -0.2) is 10.8 Å². The number of halogens is 2. The molecule has 0 radical (unpaired) electrons. The summed E-state index contributed by atoms with van der Waals surface area (Å²) in [5.74, 6) is -0.0228. The molecular weight excluding hydrogens is 338 g/mol. The number of rotatable bonds is 2. The number of fused-ring (bicyclic) bond motifs is 1. The van der Waals surface area contributed by atoms with Gasteiger partial charge in [0.25, 0.3) is 0 Å². The molecule has 0 saturated carbocycles. The van der Waals surface area contributed by atoms with Crippen molar-refractivity contribution >= 4 is 44.2 Å². The maximum Gasteiger partial charge on any atom is 0.196 e. The van der Waals surface area contributed by atoms with Crippen molar-refractivity contribution in [1.82, 2.24) is 4.98 Å². The van der Waals surface area contributed by atoms with Crippen LogP contribution in [0.25, 0.3) is 10.9 Å². The van der Waals surface area contributed by atoms with E-state index in [1.54, 1.807) is 12.3 Å².